The zero-order valence-corrected chi connectivity index (χ0v) is 11.7. The Morgan fingerprint density at radius 1 is 1.55 bits per heavy atom. The molecule has 110 valence electrons. The molecule has 1 aliphatic rings. The second-order valence-electron chi connectivity index (χ2n) is 4.26. The molecular formula is C11H15N3O5S. The monoisotopic (exact) mass is 301 g/mol. The summed E-state index contributed by atoms with van der Waals surface area (Å²) in [5.74, 6) is -0.525. The fraction of sp³-hybridized carbons (Fsp3) is 0.545. The van der Waals surface area contributed by atoms with Gasteiger partial charge in [-0.15, -0.1) is 11.3 Å². The highest BCUT2D eigenvalue weighted by Crippen LogP contribution is 2.28. The molecule has 0 saturated carbocycles. The Hall–Kier alpha value is -1.87. The van der Waals surface area contributed by atoms with Crippen LogP contribution in [0.2, 0.25) is 0 Å². The third-order valence-corrected chi connectivity index (χ3v) is 4.04. The summed E-state index contributed by atoms with van der Waals surface area (Å²) >= 11 is 1.29. The summed E-state index contributed by atoms with van der Waals surface area (Å²) in [6, 6.07) is -0.520. The van der Waals surface area contributed by atoms with Crippen LogP contribution in [0.25, 0.3) is 0 Å². The number of carbonyl (C=O) groups is 2. The highest BCUT2D eigenvalue weighted by molar-refractivity contribution is 7.14. The van der Waals surface area contributed by atoms with Gasteiger partial charge in [-0.3, -0.25) is 4.90 Å². The normalized spacial score (nSPS) is 19.0. The Morgan fingerprint density at radius 3 is 2.90 bits per heavy atom. The van der Waals surface area contributed by atoms with Crippen LogP contribution in [0.15, 0.2) is 5.51 Å². The molecule has 2 heterocycles. The van der Waals surface area contributed by atoms with Crippen molar-refractivity contribution in [1.82, 2.24) is 9.88 Å². The number of hydrogen-bond donors (Lipinski definition) is 2. The van der Waals surface area contributed by atoms with E-state index in [0.717, 1.165) is 0 Å². The molecule has 1 aromatic rings. The zero-order valence-electron chi connectivity index (χ0n) is 10.9. The number of amides is 1. The van der Waals surface area contributed by atoms with Crippen molar-refractivity contribution in [2.24, 2.45) is 0 Å². The maximum atomic E-state index is 11.6. The first-order valence-corrected chi connectivity index (χ1v) is 6.83. The number of anilines is 1. The van der Waals surface area contributed by atoms with E-state index < -0.39 is 18.1 Å². The Morgan fingerprint density at radius 2 is 2.30 bits per heavy atom. The van der Waals surface area contributed by atoms with E-state index >= 15 is 0 Å². The lowest BCUT2D eigenvalue weighted by atomic mass is 10.2. The van der Waals surface area contributed by atoms with Crippen molar-refractivity contribution in [3.63, 3.8) is 0 Å². The highest BCUT2D eigenvalue weighted by Gasteiger charge is 2.32. The fourth-order valence-corrected chi connectivity index (χ4v) is 2.97. The van der Waals surface area contributed by atoms with Crippen LogP contribution in [0.4, 0.5) is 9.80 Å². The molecule has 1 unspecified atom stereocenters. The first-order valence-electron chi connectivity index (χ1n) is 5.95. The summed E-state index contributed by atoms with van der Waals surface area (Å²) < 4.78 is 4.66. The van der Waals surface area contributed by atoms with Gasteiger partial charge in [-0.2, -0.15) is 0 Å². The Kier molecular flexibility index (Phi) is 4.40. The third-order valence-electron chi connectivity index (χ3n) is 3.15. The van der Waals surface area contributed by atoms with Crippen molar-refractivity contribution < 1.29 is 24.5 Å². The number of nitrogens with zero attached hydrogens (tertiary/aromatic N) is 3. The first-order chi connectivity index (χ1) is 9.58. The van der Waals surface area contributed by atoms with Gasteiger partial charge in [0.1, 0.15) is 5.00 Å². The van der Waals surface area contributed by atoms with E-state index in [1.807, 2.05) is 4.90 Å². The number of esters is 1. The Bertz CT molecular complexity index is 506. The Labute approximate surface area is 119 Å². The molecule has 1 saturated heterocycles. The summed E-state index contributed by atoms with van der Waals surface area (Å²) in [6.45, 7) is 0.748. The number of carbonyl (C=O) groups excluding carboxylic acids is 1. The minimum absolute atomic E-state index is 0.220. The summed E-state index contributed by atoms with van der Waals surface area (Å²) in [6.07, 6.45) is -1.05. The molecule has 0 spiro atoms. The fourth-order valence-electron chi connectivity index (χ4n) is 2.15. The second-order valence-corrected chi connectivity index (χ2v) is 5.09. The van der Waals surface area contributed by atoms with E-state index in [2.05, 4.69) is 9.72 Å². The number of carboxylic acid groups (broad SMARTS) is 1. The van der Waals surface area contributed by atoms with Gasteiger partial charge in [0.15, 0.2) is 5.69 Å². The molecule has 2 rings (SSSR count). The quantitative estimate of drug-likeness (QED) is 0.763. The van der Waals surface area contributed by atoms with E-state index in [1.165, 1.54) is 23.3 Å². The van der Waals surface area contributed by atoms with E-state index in [1.54, 1.807) is 5.51 Å². The lowest BCUT2D eigenvalue weighted by Gasteiger charge is -2.39. The molecule has 8 nitrogen and oxygen atoms in total. The summed E-state index contributed by atoms with van der Waals surface area (Å²) in [5.41, 5.74) is 1.76. The number of aliphatic hydroxyl groups is 1. The molecule has 2 N–H and O–H groups in total. The number of rotatable bonds is 3. The first kappa shape index (κ1) is 14.5. The van der Waals surface area contributed by atoms with Crippen molar-refractivity contribution >= 4 is 28.4 Å². The highest BCUT2D eigenvalue weighted by atomic mass is 32.1. The number of piperazine rings is 1. The van der Waals surface area contributed by atoms with Crippen molar-refractivity contribution in [1.29, 1.82) is 0 Å². The van der Waals surface area contributed by atoms with Gasteiger partial charge in [0.2, 0.25) is 0 Å². The van der Waals surface area contributed by atoms with Crippen LogP contribution in [0.5, 0.6) is 0 Å². The van der Waals surface area contributed by atoms with Crippen LogP contribution in [-0.2, 0) is 4.74 Å². The van der Waals surface area contributed by atoms with Crippen LogP contribution in [-0.4, -0.2) is 71.6 Å². The second kappa shape index (κ2) is 6.06. The number of hydrogen-bond acceptors (Lipinski definition) is 7. The van der Waals surface area contributed by atoms with Gasteiger partial charge in [-0.25, -0.2) is 14.6 Å². The smallest absolute Gasteiger partial charge is 0.407 e. The topological polar surface area (TPSA) is 103 Å². The average Bonchev–Trinajstić information content (AvgIpc) is 2.94. The van der Waals surface area contributed by atoms with Gasteiger partial charge in [0, 0.05) is 19.6 Å². The van der Waals surface area contributed by atoms with Crippen LogP contribution < -0.4 is 4.90 Å². The lowest BCUT2D eigenvalue weighted by molar-refractivity contribution is 0.0594. The molecule has 0 radical (unpaired) electrons. The molecule has 1 aromatic heterocycles. The van der Waals surface area contributed by atoms with E-state index in [0.29, 0.717) is 18.1 Å². The van der Waals surface area contributed by atoms with Crippen LogP contribution in [0, 0.1) is 0 Å². The third kappa shape index (κ3) is 2.68. The van der Waals surface area contributed by atoms with Crippen LogP contribution in [0.3, 0.4) is 0 Å². The number of methoxy groups -OCH3 is 1. The maximum absolute atomic E-state index is 11.6. The summed E-state index contributed by atoms with van der Waals surface area (Å²) in [4.78, 5) is 29.7. The molecule has 20 heavy (non-hydrogen) atoms. The SMILES string of the molecule is COC(=O)c1ncsc1N1CCN(C(=O)O)C(CO)C1. The molecule has 0 aromatic carbocycles. The average molecular weight is 301 g/mol. The summed E-state index contributed by atoms with van der Waals surface area (Å²) in [7, 11) is 1.28. The van der Waals surface area contributed by atoms with Gasteiger partial charge in [-0.1, -0.05) is 0 Å². The summed E-state index contributed by atoms with van der Waals surface area (Å²) in [5, 5.41) is 19.0. The molecular weight excluding hydrogens is 286 g/mol. The molecule has 9 heteroatoms. The molecule has 0 bridgehead atoms. The van der Waals surface area contributed by atoms with Gasteiger partial charge < -0.3 is 19.8 Å². The van der Waals surface area contributed by atoms with Crippen LogP contribution in [0.1, 0.15) is 10.5 Å². The van der Waals surface area contributed by atoms with Gasteiger partial charge in [0.05, 0.1) is 25.3 Å². The molecule has 1 atom stereocenters. The van der Waals surface area contributed by atoms with E-state index in [4.69, 9.17) is 5.11 Å². The molecule has 0 aliphatic carbocycles. The van der Waals surface area contributed by atoms with Gasteiger partial charge >= 0.3 is 12.1 Å². The van der Waals surface area contributed by atoms with Gasteiger partial charge in [0.25, 0.3) is 0 Å². The van der Waals surface area contributed by atoms with Crippen molar-refractivity contribution in [3.05, 3.63) is 11.2 Å². The van der Waals surface area contributed by atoms with Crippen molar-refractivity contribution in [3.8, 4) is 0 Å². The predicted octanol–water partition coefficient (Wildman–Crippen LogP) is 0.0906. The minimum Gasteiger partial charge on any atom is -0.465 e. The number of ether oxygens (including phenoxy) is 1. The number of aromatic nitrogens is 1. The lowest BCUT2D eigenvalue weighted by Crippen LogP contribution is -2.56. The Balaban J connectivity index is 2.18. The molecule has 1 fully saturated rings. The van der Waals surface area contributed by atoms with Crippen molar-refractivity contribution in [2.45, 2.75) is 6.04 Å². The van der Waals surface area contributed by atoms with Crippen LogP contribution >= 0.6 is 11.3 Å². The molecule has 1 amide bonds. The van der Waals surface area contributed by atoms with Gasteiger partial charge in [-0.05, 0) is 0 Å². The standard InChI is InChI=1S/C11H15N3O5S/c1-19-10(16)8-9(20-6-12-8)13-2-3-14(11(17)18)7(4-13)5-15/h6-7,15H,2-5H2,1H3,(H,17,18). The predicted molar refractivity (Wildman–Crippen MR) is 71.3 cm³/mol. The van der Waals surface area contributed by atoms with E-state index in [9.17, 15) is 14.7 Å². The zero-order chi connectivity index (χ0) is 14.7. The molecule has 1 aliphatic heterocycles. The van der Waals surface area contributed by atoms with E-state index in [-0.39, 0.29) is 18.8 Å². The van der Waals surface area contributed by atoms with Crippen molar-refractivity contribution in [2.75, 3.05) is 38.3 Å². The number of aliphatic hydroxyl groups excluding tert-OH is 1. The number of thiazole rings is 1. The minimum atomic E-state index is -1.05. The maximum Gasteiger partial charge on any atom is 0.407 e. The largest absolute Gasteiger partial charge is 0.465 e.